The van der Waals surface area contributed by atoms with Crippen molar-refractivity contribution in [1.82, 2.24) is 4.57 Å². The Hall–Kier alpha value is -1.96. The lowest BCUT2D eigenvalue weighted by Gasteiger charge is -2.17. The maximum atomic E-state index is 11.8. The lowest BCUT2D eigenvalue weighted by atomic mass is 9.99. The van der Waals surface area contributed by atoms with Gasteiger partial charge >= 0.3 is 0 Å². The van der Waals surface area contributed by atoms with Crippen LogP contribution in [0.3, 0.4) is 0 Å². The van der Waals surface area contributed by atoms with E-state index in [0.29, 0.717) is 6.54 Å². The minimum absolute atomic E-state index is 0.167. The van der Waals surface area contributed by atoms with E-state index in [-0.39, 0.29) is 11.6 Å². The molecule has 0 spiro atoms. The third-order valence-electron chi connectivity index (χ3n) is 3.35. The van der Waals surface area contributed by atoms with E-state index in [1.807, 2.05) is 6.92 Å². The van der Waals surface area contributed by atoms with Crippen molar-refractivity contribution >= 4 is 0 Å². The second-order valence-electron chi connectivity index (χ2n) is 4.70. The van der Waals surface area contributed by atoms with Crippen LogP contribution in [0.25, 0.3) is 0 Å². The monoisotopic (exact) mass is 264 g/mol. The number of unbranched alkanes of at least 4 members (excludes halogenated alkanes) is 1. The number of nitrogens with zero attached hydrogens (tertiary/aromatic N) is 2. The molecule has 1 aromatic heterocycles. The molecule has 104 valence electrons. The second kappa shape index (κ2) is 6.83. The maximum absolute atomic E-state index is 11.8. The average Bonchev–Trinajstić information content (AvgIpc) is 2.40. The van der Waals surface area contributed by atoms with Crippen molar-refractivity contribution in [3.05, 3.63) is 22.1 Å². The molecule has 0 fully saturated rings. The highest BCUT2D eigenvalue weighted by atomic mass is 16.3. The van der Waals surface area contributed by atoms with Crippen LogP contribution >= 0.6 is 0 Å². The topological polar surface area (TPSA) is 86.2 Å². The van der Waals surface area contributed by atoms with Gasteiger partial charge in [-0.15, -0.1) is 0 Å². The van der Waals surface area contributed by atoms with Crippen LogP contribution in [0.1, 0.15) is 45.2 Å². The number of pyridine rings is 1. The van der Waals surface area contributed by atoms with Crippen LogP contribution in [0.2, 0.25) is 0 Å². The third-order valence-corrected chi connectivity index (χ3v) is 3.35. The van der Waals surface area contributed by atoms with Crippen LogP contribution in [0.15, 0.2) is 10.9 Å². The molecule has 1 rings (SSSR count). The predicted octanol–water partition coefficient (Wildman–Crippen LogP) is 2.35. The molecule has 0 saturated heterocycles. The fraction of sp³-hybridized carbons (Fsp3) is 0.571. The summed E-state index contributed by atoms with van der Waals surface area (Å²) in [5, 5.41) is 28.0. The Morgan fingerprint density at radius 3 is 2.63 bits per heavy atom. The standard InChI is InChI=1S/C14H20N2O3/c1-3-5-6-10(4-2)9-16-11(8-15)14(19)12(17)7-13(16)18/h7,10,17,19H,3-6,9H2,1-2H3. The summed E-state index contributed by atoms with van der Waals surface area (Å²) in [6, 6.07) is 2.73. The van der Waals surface area contributed by atoms with Gasteiger partial charge in [-0.05, 0) is 12.3 Å². The number of hydrogen-bond donors (Lipinski definition) is 2. The van der Waals surface area contributed by atoms with E-state index in [2.05, 4.69) is 6.92 Å². The van der Waals surface area contributed by atoms with Gasteiger partial charge in [0.25, 0.3) is 5.56 Å². The van der Waals surface area contributed by atoms with Gasteiger partial charge in [-0.25, -0.2) is 0 Å². The largest absolute Gasteiger partial charge is 0.504 e. The van der Waals surface area contributed by atoms with Crippen LogP contribution in [0, 0.1) is 17.2 Å². The van der Waals surface area contributed by atoms with E-state index in [1.165, 1.54) is 4.57 Å². The van der Waals surface area contributed by atoms with Crippen LogP contribution in [-0.4, -0.2) is 14.8 Å². The molecule has 5 nitrogen and oxygen atoms in total. The molecule has 19 heavy (non-hydrogen) atoms. The number of nitriles is 1. The van der Waals surface area contributed by atoms with E-state index >= 15 is 0 Å². The van der Waals surface area contributed by atoms with Gasteiger partial charge in [0.15, 0.2) is 17.2 Å². The molecule has 0 aliphatic heterocycles. The molecule has 0 amide bonds. The van der Waals surface area contributed by atoms with Crippen molar-refractivity contribution in [3.63, 3.8) is 0 Å². The molecule has 1 unspecified atom stereocenters. The molecule has 5 heteroatoms. The fourth-order valence-electron chi connectivity index (χ4n) is 2.09. The number of rotatable bonds is 6. The van der Waals surface area contributed by atoms with Crippen molar-refractivity contribution < 1.29 is 10.2 Å². The summed E-state index contributed by atoms with van der Waals surface area (Å²) in [4.78, 5) is 11.8. The first-order chi connectivity index (χ1) is 9.04. The van der Waals surface area contributed by atoms with E-state index in [9.17, 15) is 15.0 Å². The van der Waals surface area contributed by atoms with Crippen molar-refractivity contribution in [3.8, 4) is 17.6 Å². The Labute approximate surface area is 112 Å². The first kappa shape index (κ1) is 15.1. The minimum atomic E-state index is -0.542. The Balaban J connectivity index is 3.10. The second-order valence-corrected chi connectivity index (χ2v) is 4.70. The summed E-state index contributed by atoms with van der Waals surface area (Å²) >= 11 is 0. The Kier molecular flexibility index (Phi) is 5.43. The van der Waals surface area contributed by atoms with Crippen molar-refractivity contribution in [1.29, 1.82) is 5.26 Å². The van der Waals surface area contributed by atoms with Gasteiger partial charge < -0.3 is 10.2 Å². The highest BCUT2D eigenvalue weighted by Crippen LogP contribution is 2.26. The Morgan fingerprint density at radius 2 is 2.11 bits per heavy atom. The van der Waals surface area contributed by atoms with E-state index in [4.69, 9.17) is 5.26 Å². The van der Waals surface area contributed by atoms with Gasteiger partial charge in [-0.1, -0.05) is 33.1 Å². The minimum Gasteiger partial charge on any atom is -0.504 e. The summed E-state index contributed by atoms with van der Waals surface area (Å²) in [5.41, 5.74) is -0.623. The molecule has 1 atom stereocenters. The van der Waals surface area contributed by atoms with E-state index in [0.717, 1.165) is 31.7 Å². The molecular formula is C14H20N2O3. The summed E-state index contributed by atoms with van der Waals surface area (Å²) in [5.74, 6) is -0.777. The SMILES string of the molecule is CCCCC(CC)Cn1c(C#N)c(O)c(O)cc1=O. The predicted molar refractivity (Wildman–Crippen MR) is 72.1 cm³/mol. The van der Waals surface area contributed by atoms with Gasteiger partial charge in [-0.3, -0.25) is 9.36 Å². The summed E-state index contributed by atoms with van der Waals surface area (Å²) in [7, 11) is 0. The molecule has 0 radical (unpaired) electrons. The first-order valence-electron chi connectivity index (χ1n) is 6.60. The zero-order valence-corrected chi connectivity index (χ0v) is 11.4. The zero-order valence-electron chi connectivity index (χ0n) is 11.4. The van der Waals surface area contributed by atoms with Crippen molar-refractivity contribution in [2.75, 3.05) is 0 Å². The molecule has 0 aromatic carbocycles. The molecule has 1 aromatic rings. The lowest BCUT2D eigenvalue weighted by Crippen LogP contribution is -2.25. The number of aromatic nitrogens is 1. The Bertz CT molecular complexity index is 529. The number of aromatic hydroxyl groups is 2. The highest BCUT2D eigenvalue weighted by Gasteiger charge is 2.17. The molecule has 0 aliphatic rings. The Morgan fingerprint density at radius 1 is 1.42 bits per heavy atom. The van der Waals surface area contributed by atoms with Gasteiger partial charge in [-0.2, -0.15) is 5.26 Å². The van der Waals surface area contributed by atoms with Gasteiger partial charge in [0.1, 0.15) is 6.07 Å². The maximum Gasteiger partial charge on any atom is 0.255 e. The lowest BCUT2D eigenvalue weighted by molar-refractivity contribution is 0.363. The molecule has 2 N–H and O–H groups in total. The van der Waals surface area contributed by atoms with Gasteiger partial charge in [0.2, 0.25) is 0 Å². The molecule has 0 saturated carbocycles. The van der Waals surface area contributed by atoms with Gasteiger partial charge in [0, 0.05) is 12.6 Å². The van der Waals surface area contributed by atoms with Crippen LogP contribution in [-0.2, 0) is 6.54 Å². The third kappa shape index (κ3) is 3.50. The molecule has 1 heterocycles. The van der Waals surface area contributed by atoms with Crippen LogP contribution in [0.4, 0.5) is 0 Å². The van der Waals surface area contributed by atoms with Crippen molar-refractivity contribution in [2.24, 2.45) is 5.92 Å². The molecular weight excluding hydrogens is 244 g/mol. The number of hydrogen-bond acceptors (Lipinski definition) is 4. The van der Waals surface area contributed by atoms with Crippen molar-refractivity contribution in [2.45, 2.75) is 46.1 Å². The summed E-state index contributed by atoms with van der Waals surface area (Å²) in [6.07, 6.45) is 4.03. The molecule has 0 aliphatic carbocycles. The average molecular weight is 264 g/mol. The smallest absolute Gasteiger partial charge is 0.255 e. The molecule has 0 bridgehead atoms. The van der Waals surface area contributed by atoms with Crippen LogP contribution < -0.4 is 5.56 Å². The van der Waals surface area contributed by atoms with E-state index in [1.54, 1.807) is 6.07 Å². The zero-order chi connectivity index (χ0) is 14.4. The normalized spacial score (nSPS) is 12.1. The van der Waals surface area contributed by atoms with E-state index < -0.39 is 17.1 Å². The van der Waals surface area contributed by atoms with Gasteiger partial charge in [0.05, 0.1) is 0 Å². The van der Waals surface area contributed by atoms with Crippen LogP contribution in [0.5, 0.6) is 11.5 Å². The first-order valence-corrected chi connectivity index (χ1v) is 6.60. The summed E-state index contributed by atoms with van der Waals surface area (Å²) < 4.78 is 1.25. The fourth-order valence-corrected chi connectivity index (χ4v) is 2.09. The quantitative estimate of drug-likeness (QED) is 0.825. The summed E-state index contributed by atoms with van der Waals surface area (Å²) in [6.45, 7) is 4.54. The highest BCUT2D eigenvalue weighted by molar-refractivity contribution is 5.46.